The van der Waals surface area contributed by atoms with Crippen LogP contribution in [0.1, 0.15) is 0 Å². The molecule has 0 saturated heterocycles. The predicted molar refractivity (Wildman–Crippen MR) is 61.5 cm³/mol. The first-order chi connectivity index (χ1) is 7.93. The molecular formula is C6H3Cl6CoO6. The first kappa shape index (κ1) is 27.9. The normalized spacial score (nSPS) is 8.68. The van der Waals surface area contributed by atoms with Crippen LogP contribution < -0.4 is 15.3 Å². The number of hydrogen-bond acceptors (Lipinski definition) is 6. The van der Waals surface area contributed by atoms with Gasteiger partial charge in [0.05, 0.1) is 17.9 Å². The summed E-state index contributed by atoms with van der Waals surface area (Å²) >= 11 is 28.3. The van der Waals surface area contributed by atoms with Crippen LogP contribution in [-0.2, 0) is 31.2 Å². The Hall–Kier alpha value is 0.656. The zero-order valence-corrected chi connectivity index (χ0v) is 13.9. The molecule has 6 nitrogen and oxygen atoms in total. The number of rotatable bonds is 3. The van der Waals surface area contributed by atoms with Crippen molar-refractivity contribution >= 4 is 87.5 Å². The maximum atomic E-state index is 9.32. The van der Waals surface area contributed by atoms with E-state index in [4.69, 9.17) is 69.6 Å². The smallest absolute Gasteiger partial charge is 0.547 e. The second kappa shape index (κ2) is 16.7. The van der Waals surface area contributed by atoms with Gasteiger partial charge >= 0.3 is 16.8 Å². The van der Waals surface area contributed by atoms with Crippen molar-refractivity contribution in [3.8, 4) is 0 Å². The molecule has 13 heteroatoms. The van der Waals surface area contributed by atoms with Crippen molar-refractivity contribution in [2.75, 3.05) is 0 Å². The fourth-order valence-electron chi connectivity index (χ4n) is 0. The van der Waals surface area contributed by atoms with E-state index < -0.39 is 32.4 Å². The van der Waals surface area contributed by atoms with E-state index >= 15 is 0 Å². The molecule has 0 radical (unpaired) electrons. The number of carboxylic acids is 3. The number of carbonyl (C=O) groups is 3. The van der Waals surface area contributed by atoms with Gasteiger partial charge in [-0.25, -0.2) is 0 Å². The molecule has 0 amide bonds. The van der Waals surface area contributed by atoms with Gasteiger partial charge in [0.25, 0.3) is 0 Å². The molecule has 0 atom stereocenters. The van der Waals surface area contributed by atoms with Gasteiger partial charge in [-0.3, -0.25) is 0 Å². The standard InChI is InChI=1S/3C2H2Cl2O2.Co/c3*3-1(4)2(5)6;/h3*1H,(H,5,6);/q;;;+3/p-3. The molecule has 0 N–H and O–H groups in total. The number of carbonyl (C=O) groups excluding carboxylic acids is 3. The number of aliphatic carboxylic acids is 3. The van der Waals surface area contributed by atoms with Gasteiger partial charge in [0, 0.05) is 0 Å². The fraction of sp³-hybridized carbons (Fsp3) is 0.500. The zero-order valence-electron chi connectivity index (χ0n) is 8.28. The Bertz CT molecular complexity index is 230. The Morgan fingerprint density at radius 2 is 0.632 bits per heavy atom. The summed E-state index contributed by atoms with van der Waals surface area (Å²) < 4.78 is 0. The van der Waals surface area contributed by atoms with E-state index in [9.17, 15) is 29.7 Å². The molecule has 0 spiro atoms. The van der Waals surface area contributed by atoms with Gasteiger partial charge in [-0.15, -0.1) is 0 Å². The van der Waals surface area contributed by atoms with E-state index in [2.05, 4.69) is 0 Å². The molecule has 0 aliphatic carbocycles. The molecule has 0 unspecified atom stereocenters. The summed E-state index contributed by atoms with van der Waals surface area (Å²) in [6, 6.07) is 0. The second-order valence-corrected chi connectivity index (χ2v) is 5.15. The zero-order chi connectivity index (χ0) is 15.5. The van der Waals surface area contributed by atoms with Crippen LogP contribution >= 0.6 is 69.6 Å². The van der Waals surface area contributed by atoms with Gasteiger partial charge in [0.1, 0.15) is 14.5 Å². The fourth-order valence-corrected chi connectivity index (χ4v) is 0. The van der Waals surface area contributed by atoms with E-state index in [0.29, 0.717) is 0 Å². The predicted octanol–water partition coefficient (Wildman–Crippen LogP) is -1.38. The quantitative estimate of drug-likeness (QED) is 0.497. The van der Waals surface area contributed by atoms with Gasteiger partial charge < -0.3 is 29.7 Å². The molecule has 0 bridgehead atoms. The SMILES string of the molecule is O=C([O-])C(Cl)Cl.O=C([O-])C(Cl)Cl.O=C([O-])C(Cl)Cl.[Co+3]. The van der Waals surface area contributed by atoms with Crippen molar-refractivity contribution in [1.82, 2.24) is 0 Å². The summed E-state index contributed by atoms with van der Waals surface area (Å²) in [4.78, 5) is 23.8. The number of halogens is 6. The van der Waals surface area contributed by atoms with Crippen LogP contribution in [-0.4, -0.2) is 32.4 Å². The summed E-state index contributed by atoms with van der Waals surface area (Å²) in [6.07, 6.45) is 0. The van der Waals surface area contributed by atoms with E-state index in [0.717, 1.165) is 0 Å². The first-order valence-corrected chi connectivity index (χ1v) is 6.02. The first-order valence-electron chi connectivity index (χ1n) is 3.40. The largest absolute Gasteiger partial charge is 3.00 e. The third-order valence-electron chi connectivity index (χ3n) is 0.535. The van der Waals surface area contributed by atoms with E-state index in [1.54, 1.807) is 0 Å². The van der Waals surface area contributed by atoms with Crippen LogP contribution in [0.5, 0.6) is 0 Å². The molecule has 0 aromatic carbocycles. The molecule has 19 heavy (non-hydrogen) atoms. The Kier molecular flexibility index (Phi) is 24.5. The minimum Gasteiger partial charge on any atom is -0.547 e. The average molecular weight is 443 g/mol. The van der Waals surface area contributed by atoms with Crippen molar-refractivity contribution in [3.05, 3.63) is 0 Å². The topological polar surface area (TPSA) is 120 Å². The van der Waals surface area contributed by atoms with Crippen LogP contribution in [0.25, 0.3) is 0 Å². The van der Waals surface area contributed by atoms with Crippen LogP contribution in [0.4, 0.5) is 0 Å². The van der Waals surface area contributed by atoms with Crippen molar-refractivity contribution in [2.45, 2.75) is 14.5 Å². The van der Waals surface area contributed by atoms with Gasteiger partial charge in [-0.05, 0) is 0 Å². The van der Waals surface area contributed by atoms with Gasteiger partial charge in [0.2, 0.25) is 0 Å². The summed E-state index contributed by atoms with van der Waals surface area (Å²) in [6.45, 7) is 0. The Morgan fingerprint density at radius 3 is 0.632 bits per heavy atom. The molecule has 0 rings (SSSR count). The van der Waals surface area contributed by atoms with Gasteiger partial charge in [-0.1, -0.05) is 69.6 Å². The molecule has 0 heterocycles. The minimum absolute atomic E-state index is 0. The Balaban J connectivity index is -0.0000000865. The molecule has 0 saturated carbocycles. The molecule has 0 aliphatic heterocycles. The third-order valence-corrected chi connectivity index (χ3v) is 1.60. The molecular weight excluding hydrogens is 440 g/mol. The molecule has 0 fully saturated rings. The van der Waals surface area contributed by atoms with Gasteiger partial charge in [-0.2, -0.15) is 0 Å². The Morgan fingerprint density at radius 1 is 0.579 bits per heavy atom. The van der Waals surface area contributed by atoms with Crippen molar-refractivity contribution in [3.63, 3.8) is 0 Å². The number of carboxylic acid groups (broad SMARTS) is 3. The van der Waals surface area contributed by atoms with Crippen LogP contribution in [0, 0.1) is 0 Å². The summed E-state index contributed by atoms with van der Waals surface area (Å²) in [5.41, 5.74) is 0. The monoisotopic (exact) mass is 440 g/mol. The molecule has 0 aliphatic rings. The van der Waals surface area contributed by atoms with Crippen molar-refractivity contribution in [2.24, 2.45) is 0 Å². The molecule has 0 aromatic heterocycles. The molecule has 0 aromatic rings. The minimum atomic E-state index is -1.46. The van der Waals surface area contributed by atoms with Crippen molar-refractivity contribution < 1.29 is 46.5 Å². The van der Waals surface area contributed by atoms with E-state index in [1.165, 1.54) is 0 Å². The third kappa shape index (κ3) is 32.3. The Labute approximate surface area is 148 Å². The number of hydrogen-bond donors (Lipinski definition) is 0. The maximum Gasteiger partial charge on any atom is 3.00 e. The second-order valence-electron chi connectivity index (χ2n) is 1.86. The number of alkyl halides is 6. The van der Waals surface area contributed by atoms with E-state index in [-0.39, 0.29) is 16.8 Å². The van der Waals surface area contributed by atoms with Crippen LogP contribution in [0.3, 0.4) is 0 Å². The van der Waals surface area contributed by atoms with Crippen LogP contribution in [0.2, 0.25) is 0 Å². The van der Waals surface area contributed by atoms with E-state index in [1.807, 2.05) is 0 Å². The summed E-state index contributed by atoms with van der Waals surface area (Å²) in [5.74, 6) is -4.38. The maximum absolute atomic E-state index is 9.32. The summed E-state index contributed by atoms with van der Waals surface area (Å²) in [5, 5.41) is 28.0. The average Bonchev–Trinajstić information content (AvgIpc) is 2.18. The van der Waals surface area contributed by atoms with Gasteiger partial charge in [0.15, 0.2) is 0 Å². The van der Waals surface area contributed by atoms with Crippen LogP contribution in [0.15, 0.2) is 0 Å². The summed E-state index contributed by atoms with van der Waals surface area (Å²) in [7, 11) is 0. The van der Waals surface area contributed by atoms with Crippen molar-refractivity contribution in [1.29, 1.82) is 0 Å². The molecule has 114 valence electrons.